The Hall–Kier alpha value is -1.26. The Morgan fingerprint density at radius 3 is 2.06 bits per heavy atom. The number of urea groups is 1. The molecule has 0 radical (unpaired) electrons. The first-order valence-electron chi connectivity index (χ1n) is 7.08. The largest absolute Gasteiger partial charge is 0.352 e. The Balaban J connectivity index is 1.59. The number of rotatable bonds is 4. The van der Waals surface area contributed by atoms with E-state index < -0.39 is 0 Å². The van der Waals surface area contributed by atoms with Gasteiger partial charge < -0.3 is 16.0 Å². The minimum absolute atomic E-state index is 0.0761. The van der Waals surface area contributed by atoms with Gasteiger partial charge in [-0.1, -0.05) is 25.7 Å². The molecule has 0 aromatic heterocycles. The van der Waals surface area contributed by atoms with Gasteiger partial charge in [-0.3, -0.25) is 4.79 Å². The van der Waals surface area contributed by atoms with Crippen molar-refractivity contribution < 1.29 is 9.59 Å². The number of hydrogen-bond donors (Lipinski definition) is 3. The van der Waals surface area contributed by atoms with Gasteiger partial charge in [0.05, 0.1) is 6.54 Å². The van der Waals surface area contributed by atoms with Gasteiger partial charge in [0.2, 0.25) is 5.91 Å². The van der Waals surface area contributed by atoms with E-state index in [-0.39, 0.29) is 18.5 Å². The lowest BCUT2D eigenvalue weighted by molar-refractivity contribution is -0.120. The molecule has 0 aromatic carbocycles. The highest BCUT2D eigenvalue weighted by Crippen LogP contribution is 2.18. The number of carbonyl (C=O) groups is 2. The molecule has 2 aliphatic carbocycles. The fourth-order valence-electron chi connectivity index (χ4n) is 2.33. The Bertz CT molecular complexity index is 295. The van der Waals surface area contributed by atoms with E-state index in [1.807, 2.05) is 0 Å². The standard InChI is InChI=1S/C13H23N3O2/c17-12(9-14-13(18)16-11-7-8-11)15-10-5-3-1-2-4-6-10/h10-11H,1-9H2,(H,15,17)(H2,14,16,18). The first kappa shape index (κ1) is 13.2. The van der Waals surface area contributed by atoms with E-state index >= 15 is 0 Å². The van der Waals surface area contributed by atoms with E-state index in [4.69, 9.17) is 0 Å². The monoisotopic (exact) mass is 253 g/mol. The first-order chi connectivity index (χ1) is 8.74. The molecule has 2 saturated carbocycles. The van der Waals surface area contributed by atoms with E-state index in [2.05, 4.69) is 16.0 Å². The molecule has 3 amide bonds. The van der Waals surface area contributed by atoms with Gasteiger partial charge in [-0.25, -0.2) is 4.79 Å². The van der Waals surface area contributed by atoms with Crippen LogP contribution in [0.3, 0.4) is 0 Å². The fourth-order valence-corrected chi connectivity index (χ4v) is 2.33. The Morgan fingerprint density at radius 2 is 1.44 bits per heavy atom. The number of amides is 3. The Labute approximate surface area is 108 Å². The van der Waals surface area contributed by atoms with Crippen molar-refractivity contribution in [1.29, 1.82) is 0 Å². The van der Waals surface area contributed by atoms with Crippen molar-refractivity contribution >= 4 is 11.9 Å². The van der Waals surface area contributed by atoms with Crippen LogP contribution in [-0.2, 0) is 4.79 Å². The molecule has 0 spiro atoms. The maximum Gasteiger partial charge on any atom is 0.315 e. The second kappa shape index (κ2) is 6.61. The quantitative estimate of drug-likeness (QED) is 0.661. The van der Waals surface area contributed by atoms with Crippen molar-refractivity contribution in [2.75, 3.05) is 6.54 Å². The normalized spacial score (nSPS) is 20.9. The second-order valence-electron chi connectivity index (χ2n) is 5.36. The summed E-state index contributed by atoms with van der Waals surface area (Å²) in [5.41, 5.74) is 0. The van der Waals surface area contributed by atoms with Gasteiger partial charge in [0, 0.05) is 12.1 Å². The third kappa shape index (κ3) is 4.94. The van der Waals surface area contributed by atoms with Crippen LogP contribution in [0.25, 0.3) is 0 Å². The van der Waals surface area contributed by atoms with Gasteiger partial charge in [-0.05, 0) is 25.7 Å². The minimum Gasteiger partial charge on any atom is -0.352 e. The summed E-state index contributed by atoms with van der Waals surface area (Å²) in [6.45, 7) is 0.0784. The molecule has 2 aliphatic rings. The molecule has 0 saturated heterocycles. The van der Waals surface area contributed by atoms with E-state index in [1.165, 1.54) is 25.7 Å². The zero-order chi connectivity index (χ0) is 12.8. The Kier molecular flexibility index (Phi) is 4.84. The molecule has 2 rings (SSSR count). The minimum atomic E-state index is -0.228. The summed E-state index contributed by atoms with van der Waals surface area (Å²) < 4.78 is 0. The van der Waals surface area contributed by atoms with Gasteiger partial charge in [0.1, 0.15) is 0 Å². The third-order valence-electron chi connectivity index (χ3n) is 3.54. The van der Waals surface area contributed by atoms with E-state index in [0.717, 1.165) is 25.7 Å². The predicted octanol–water partition coefficient (Wildman–Crippen LogP) is 1.29. The van der Waals surface area contributed by atoms with Crippen LogP contribution in [0.2, 0.25) is 0 Å². The summed E-state index contributed by atoms with van der Waals surface area (Å²) in [4.78, 5) is 23.0. The average Bonchev–Trinajstić information content (AvgIpc) is 3.14. The van der Waals surface area contributed by atoms with Crippen LogP contribution in [0.15, 0.2) is 0 Å². The van der Waals surface area contributed by atoms with Crippen LogP contribution in [0, 0.1) is 0 Å². The molecule has 0 heterocycles. The number of carbonyl (C=O) groups excluding carboxylic acids is 2. The van der Waals surface area contributed by atoms with Gasteiger partial charge in [-0.2, -0.15) is 0 Å². The van der Waals surface area contributed by atoms with Crippen LogP contribution in [0.5, 0.6) is 0 Å². The summed E-state index contributed by atoms with van der Waals surface area (Å²) in [5, 5.41) is 8.39. The summed E-state index contributed by atoms with van der Waals surface area (Å²) in [6.07, 6.45) is 9.19. The van der Waals surface area contributed by atoms with Crippen molar-refractivity contribution in [3.63, 3.8) is 0 Å². The summed E-state index contributed by atoms with van der Waals surface area (Å²) in [6, 6.07) is 0.400. The Morgan fingerprint density at radius 1 is 0.833 bits per heavy atom. The molecule has 5 heteroatoms. The van der Waals surface area contributed by atoms with Crippen LogP contribution in [-0.4, -0.2) is 30.6 Å². The van der Waals surface area contributed by atoms with Crippen LogP contribution >= 0.6 is 0 Å². The van der Waals surface area contributed by atoms with Crippen molar-refractivity contribution in [3.8, 4) is 0 Å². The van der Waals surface area contributed by atoms with E-state index in [0.29, 0.717) is 12.1 Å². The molecular weight excluding hydrogens is 230 g/mol. The number of nitrogens with one attached hydrogen (secondary N) is 3. The van der Waals surface area contributed by atoms with Crippen molar-refractivity contribution in [2.24, 2.45) is 0 Å². The SMILES string of the molecule is O=C(CNC(=O)NC1CC1)NC1CCCCCC1. The van der Waals surface area contributed by atoms with Crippen LogP contribution < -0.4 is 16.0 Å². The van der Waals surface area contributed by atoms with E-state index in [9.17, 15) is 9.59 Å². The molecule has 2 fully saturated rings. The first-order valence-corrected chi connectivity index (χ1v) is 7.08. The molecular formula is C13H23N3O2. The maximum atomic E-state index is 11.7. The zero-order valence-electron chi connectivity index (χ0n) is 10.8. The predicted molar refractivity (Wildman–Crippen MR) is 69.2 cm³/mol. The zero-order valence-corrected chi connectivity index (χ0v) is 10.8. The molecule has 0 atom stereocenters. The third-order valence-corrected chi connectivity index (χ3v) is 3.54. The molecule has 0 bridgehead atoms. The number of hydrogen-bond acceptors (Lipinski definition) is 2. The highest BCUT2D eigenvalue weighted by Gasteiger charge is 2.23. The lowest BCUT2D eigenvalue weighted by Gasteiger charge is -2.16. The summed E-state index contributed by atoms with van der Waals surface area (Å²) >= 11 is 0. The molecule has 0 aliphatic heterocycles. The molecule has 102 valence electrons. The van der Waals surface area contributed by atoms with Crippen LogP contribution in [0.1, 0.15) is 51.4 Å². The van der Waals surface area contributed by atoms with Gasteiger partial charge in [-0.15, -0.1) is 0 Å². The highest BCUT2D eigenvalue weighted by molar-refractivity contribution is 5.84. The van der Waals surface area contributed by atoms with E-state index in [1.54, 1.807) is 0 Å². The fraction of sp³-hybridized carbons (Fsp3) is 0.846. The molecule has 18 heavy (non-hydrogen) atoms. The molecule has 3 N–H and O–H groups in total. The lowest BCUT2D eigenvalue weighted by Crippen LogP contribution is -2.45. The van der Waals surface area contributed by atoms with Crippen molar-refractivity contribution in [3.05, 3.63) is 0 Å². The van der Waals surface area contributed by atoms with Crippen LogP contribution in [0.4, 0.5) is 4.79 Å². The lowest BCUT2D eigenvalue weighted by atomic mass is 10.1. The topological polar surface area (TPSA) is 70.2 Å². The summed E-state index contributed by atoms with van der Waals surface area (Å²) in [7, 11) is 0. The highest BCUT2D eigenvalue weighted by atomic mass is 16.2. The molecule has 0 unspecified atom stereocenters. The van der Waals surface area contributed by atoms with Gasteiger partial charge in [0.15, 0.2) is 0 Å². The second-order valence-corrected chi connectivity index (χ2v) is 5.36. The summed E-state index contributed by atoms with van der Waals surface area (Å²) in [5.74, 6) is -0.0761. The molecule has 0 aromatic rings. The van der Waals surface area contributed by atoms with Gasteiger partial charge in [0.25, 0.3) is 0 Å². The van der Waals surface area contributed by atoms with Crippen molar-refractivity contribution in [2.45, 2.75) is 63.5 Å². The smallest absolute Gasteiger partial charge is 0.315 e. The van der Waals surface area contributed by atoms with Gasteiger partial charge >= 0.3 is 6.03 Å². The van der Waals surface area contributed by atoms with Crippen molar-refractivity contribution in [1.82, 2.24) is 16.0 Å². The molecule has 5 nitrogen and oxygen atoms in total. The average molecular weight is 253 g/mol. The maximum absolute atomic E-state index is 11.7.